The van der Waals surface area contributed by atoms with E-state index in [9.17, 15) is 22.8 Å². The molecule has 0 aromatic carbocycles. The minimum atomic E-state index is -3.63. The van der Waals surface area contributed by atoms with Gasteiger partial charge in [0.1, 0.15) is 10.9 Å². The number of nitrogens with one attached hydrogen (secondary N) is 1. The van der Waals surface area contributed by atoms with Gasteiger partial charge >= 0.3 is 0 Å². The van der Waals surface area contributed by atoms with Crippen molar-refractivity contribution in [2.45, 2.75) is 89.5 Å². The van der Waals surface area contributed by atoms with E-state index in [2.05, 4.69) is 10.3 Å². The van der Waals surface area contributed by atoms with Crippen LogP contribution < -0.4 is 5.32 Å². The topological polar surface area (TPSA) is 138 Å². The molecular formula is C33H53N5O7S2. The van der Waals surface area contributed by atoms with Crippen LogP contribution in [0.15, 0.2) is 11.7 Å². The molecule has 0 bridgehead atoms. The van der Waals surface area contributed by atoms with E-state index in [4.69, 9.17) is 9.47 Å². The van der Waals surface area contributed by atoms with Crippen molar-refractivity contribution >= 4 is 39.1 Å². The lowest BCUT2D eigenvalue weighted by Gasteiger charge is -2.51. The van der Waals surface area contributed by atoms with Gasteiger partial charge in [-0.05, 0) is 65.2 Å². The molecule has 3 amide bonds. The Morgan fingerprint density at radius 3 is 2.36 bits per heavy atom. The fourth-order valence-electron chi connectivity index (χ4n) is 7.70. The summed E-state index contributed by atoms with van der Waals surface area (Å²) in [6.45, 7) is 9.74. The van der Waals surface area contributed by atoms with Crippen LogP contribution in [0.1, 0.15) is 82.3 Å². The maximum atomic E-state index is 14.4. The normalized spacial score (nSPS) is 25.4. The van der Waals surface area contributed by atoms with Gasteiger partial charge < -0.3 is 24.6 Å². The molecule has 1 aliphatic carbocycles. The second-order valence-electron chi connectivity index (χ2n) is 15.1. The summed E-state index contributed by atoms with van der Waals surface area (Å²) in [6.07, 6.45) is 8.58. The molecule has 47 heavy (non-hydrogen) atoms. The lowest BCUT2D eigenvalue weighted by molar-refractivity contribution is -0.145. The lowest BCUT2D eigenvalue weighted by Crippen LogP contribution is -2.67. The molecule has 14 heteroatoms. The molecule has 0 radical (unpaired) electrons. The summed E-state index contributed by atoms with van der Waals surface area (Å²) >= 11 is 1.23. The fourth-order valence-corrected chi connectivity index (χ4v) is 9.92. The van der Waals surface area contributed by atoms with E-state index in [1.807, 2.05) is 11.8 Å². The van der Waals surface area contributed by atoms with Gasteiger partial charge in [0.2, 0.25) is 21.8 Å². The van der Waals surface area contributed by atoms with Crippen molar-refractivity contribution in [1.29, 1.82) is 0 Å². The average molecular weight is 696 g/mol. The number of methoxy groups -OCH3 is 1. The molecular weight excluding hydrogens is 643 g/mol. The third kappa shape index (κ3) is 7.87. The summed E-state index contributed by atoms with van der Waals surface area (Å²) in [5, 5.41) is 3.09. The van der Waals surface area contributed by atoms with Crippen molar-refractivity contribution in [2.24, 2.45) is 23.2 Å². The highest BCUT2D eigenvalue weighted by atomic mass is 32.2. The van der Waals surface area contributed by atoms with Gasteiger partial charge in [0.25, 0.3) is 5.91 Å². The highest BCUT2D eigenvalue weighted by molar-refractivity contribution is 7.90. The number of rotatable bonds is 11. The van der Waals surface area contributed by atoms with Gasteiger partial charge in [-0.3, -0.25) is 19.4 Å². The Balaban J connectivity index is 1.37. The molecule has 1 N–H and O–H groups in total. The number of piperidine rings is 1. The number of hydrogen-bond donors (Lipinski definition) is 1. The molecule has 4 atom stereocenters. The molecule has 3 aliphatic heterocycles. The summed E-state index contributed by atoms with van der Waals surface area (Å²) in [4.78, 5) is 50.0. The smallest absolute Gasteiger partial charge is 0.265 e. The summed E-state index contributed by atoms with van der Waals surface area (Å²) < 4.78 is 38.8. The molecule has 4 fully saturated rings. The lowest BCUT2D eigenvalue weighted by atomic mass is 9.72. The minimum absolute atomic E-state index is 0.129. The van der Waals surface area contributed by atoms with Crippen LogP contribution in [0, 0.1) is 23.2 Å². The first kappa shape index (κ1) is 36.2. The zero-order valence-electron chi connectivity index (χ0n) is 28.6. The first-order valence-corrected chi connectivity index (χ1v) is 19.4. The number of thiazole rings is 1. The van der Waals surface area contributed by atoms with Crippen LogP contribution in [0.4, 0.5) is 0 Å². The SMILES string of the molecule is COC[C@H]1CCCN(C(=O)[C@@H](NC(=O)[C@@H]2CN(C(=O)c3cncs3)CC23CN(S(=O)(=O)C(C)(C)C)C3)[C@@H](C)OCC2CCCCC2)C1. The number of carbonyl (C=O) groups is 3. The molecule has 0 unspecified atom stereocenters. The number of aromatic nitrogens is 1. The number of sulfonamides is 1. The number of likely N-dealkylation sites (tertiary alicyclic amines) is 2. The number of carbonyl (C=O) groups excluding carboxylic acids is 3. The number of ether oxygens (including phenoxy) is 2. The van der Waals surface area contributed by atoms with Crippen LogP contribution in [-0.4, -0.2) is 122 Å². The van der Waals surface area contributed by atoms with Crippen LogP contribution >= 0.6 is 11.3 Å². The molecule has 1 aromatic rings. The third-order valence-corrected chi connectivity index (χ3v) is 13.8. The Morgan fingerprint density at radius 1 is 1.02 bits per heavy atom. The number of nitrogens with zero attached hydrogens (tertiary/aromatic N) is 4. The monoisotopic (exact) mass is 695 g/mol. The van der Waals surface area contributed by atoms with Gasteiger partial charge in [0, 0.05) is 58.4 Å². The standard InChI is InChI=1S/C33H53N5O7S2/c1-23(45-18-24-10-7-6-8-11-24)28(31(41)36-13-9-12-25(15-36)17-44-5)35-29(39)26-16-37(30(40)27-14-34-22-46-27)19-33(26)20-38(21-33)47(42,43)32(2,3)4/h14,22-26,28H,6-13,15-21H2,1-5H3,(H,35,39)/t23-,25+,26+,28+/m1/s1. The van der Waals surface area contributed by atoms with E-state index < -0.39 is 38.2 Å². The van der Waals surface area contributed by atoms with E-state index in [1.165, 1.54) is 41.1 Å². The van der Waals surface area contributed by atoms with Gasteiger partial charge in [0.15, 0.2) is 0 Å². The van der Waals surface area contributed by atoms with Gasteiger partial charge in [-0.1, -0.05) is 19.3 Å². The van der Waals surface area contributed by atoms with Gasteiger partial charge in [-0.2, -0.15) is 0 Å². The van der Waals surface area contributed by atoms with Crippen LogP contribution in [0.2, 0.25) is 0 Å². The highest BCUT2D eigenvalue weighted by Crippen LogP contribution is 2.47. The zero-order valence-corrected chi connectivity index (χ0v) is 30.2. The maximum absolute atomic E-state index is 14.4. The van der Waals surface area contributed by atoms with Gasteiger partial charge in [0.05, 0.1) is 35.1 Å². The average Bonchev–Trinajstić information content (AvgIpc) is 3.71. The van der Waals surface area contributed by atoms with Crippen LogP contribution in [0.25, 0.3) is 0 Å². The molecule has 4 aliphatic rings. The minimum Gasteiger partial charge on any atom is -0.384 e. The summed E-state index contributed by atoms with van der Waals surface area (Å²) in [5.41, 5.74) is 0.824. The first-order valence-electron chi connectivity index (χ1n) is 17.1. The molecule has 264 valence electrons. The molecule has 12 nitrogen and oxygen atoms in total. The van der Waals surface area contributed by atoms with Crippen molar-refractivity contribution in [3.8, 4) is 0 Å². The number of hydrogen-bond acceptors (Lipinski definition) is 9. The third-order valence-electron chi connectivity index (χ3n) is 10.6. The largest absolute Gasteiger partial charge is 0.384 e. The fraction of sp³-hybridized carbons (Fsp3) is 0.818. The highest BCUT2D eigenvalue weighted by Gasteiger charge is 2.61. The van der Waals surface area contributed by atoms with Crippen molar-refractivity contribution in [3.05, 3.63) is 16.6 Å². The second-order valence-corrected chi connectivity index (χ2v) is 18.7. The molecule has 1 aromatic heterocycles. The molecule has 5 rings (SSSR count). The Labute approximate surface area is 284 Å². The van der Waals surface area contributed by atoms with Crippen molar-refractivity contribution in [2.75, 3.05) is 59.6 Å². The predicted octanol–water partition coefficient (Wildman–Crippen LogP) is 3.00. The summed E-state index contributed by atoms with van der Waals surface area (Å²) in [6, 6.07) is -0.912. The van der Waals surface area contributed by atoms with Gasteiger partial charge in [-0.15, -0.1) is 11.3 Å². The van der Waals surface area contributed by atoms with E-state index >= 15 is 0 Å². The summed E-state index contributed by atoms with van der Waals surface area (Å²) in [5.74, 6) is -0.792. The van der Waals surface area contributed by atoms with E-state index in [0.717, 1.165) is 25.7 Å². The van der Waals surface area contributed by atoms with Crippen LogP contribution in [0.5, 0.6) is 0 Å². The maximum Gasteiger partial charge on any atom is 0.265 e. The predicted molar refractivity (Wildman–Crippen MR) is 179 cm³/mol. The van der Waals surface area contributed by atoms with Gasteiger partial charge in [-0.25, -0.2) is 12.7 Å². The number of amides is 3. The van der Waals surface area contributed by atoms with Crippen LogP contribution in [0.3, 0.4) is 0 Å². The zero-order chi connectivity index (χ0) is 34.0. The van der Waals surface area contributed by atoms with E-state index in [-0.39, 0.29) is 49.8 Å². The van der Waals surface area contributed by atoms with Crippen LogP contribution in [-0.2, 0) is 29.1 Å². The summed E-state index contributed by atoms with van der Waals surface area (Å²) in [7, 11) is -1.96. The van der Waals surface area contributed by atoms with Crippen molar-refractivity contribution in [1.82, 2.24) is 24.4 Å². The second kappa shape index (κ2) is 14.8. The van der Waals surface area contributed by atoms with Crippen molar-refractivity contribution in [3.63, 3.8) is 0 Å². The molecule has 3 saturated heterocycles. The molecule has 1 spiro atoms. The Kier molecular flexibility index (Phi) is 11.4. The molecule has 1 saturated carbocycles. The molecule has 4 heterocycles. The Morgan fingerprint density at radius 2 is 1.72 bits per heavy atom. The first-order chi connectivity index (χ1) is 22.3. The Bertz CT molecular complexity index is 1350. The quantitative estimate of drug-likeness (QED) is 0.373. The van der Waals surface area contributed by atoms with E-state index in [1.54, 1.807) is 38.3 Å². The van der Waals surface area contributed by atoms with Crippen molar-refractivity contribution < 1.29 is 32.3 Å². The van der Waals surface area contributed by atoms with E-state index in [0.29, 0.717) is 37.1 Å². The Hall–Kier alpha value is -2.13.